The van der Waals surface area contributed by atoms with E-state index in [4.69, 9.17) is 0 Å². The van der Waals surface area contributed by atoms with Gasteiger partial charge in [-0.05, 0) is 30.0 Å². The molecule has 0 radical (unpaired) electrons. The third-order valence-corrected chi connectivity index (χ3v) is 7.09. The number of anilines is 1. The van der Waals surface area contributed by atoms with E-state index < -0.39 is 21.7 Å². The minimum atomic E-state index is -3.30. The molecule has 29 heavy (non-hydrogen) atoms. The van der Waals surface area contributed by atoms with Gasteiger partial charge in [0.05, 0.1) is 17.9 Å². The van der Waals surface area contributed by atoms with Crippen LogP contribution >= 0.6 is 11.3 Å². The van der Waals surface area contributed by atoms with Crippen LogP contribution in [0.15, 0.2) is 34.5 Å². The van der Waals surface area contributed by atoms with Gasteiger partial charge in [0.1, 0.15) is 0 Å². The van der Waals surface area contributed by atoms with E-state index in [9.17, 15) is 18.0 Å². The molecule has 1 fully saturated rings. The summed E-state index contributed by atoms with van der Waals surface area (Å²) in [5.74, 6) is -0.727. The SMILES string of the molecule is COC(=O)c1csc(NC(=O)C(CC2CCCC2)c2ccc(S(C)(=O)=O)cc2)n1. The summed E-state index contributed by atoms with van der Waals surface area (Å²) < 4.78 is 28.1. The highest BCUT2D eigenvalue weighted by molar-refractivity contribution is 7.90. The number of aromatic nitrogens is 1. The lowest BCUT2D eigenvalue weighted by atomic mass is 9.87. The van der Waals surface area contributed by atoms with Crippen LogP contribution in [0.25, 0.3) is 0 Å². The second-order valence-corrected chi connectivity index (χ2v) is 10.2. The number of nitrogens with one attached hydrogen (secondary N) is 1. The van der Waals surface area contributed by atoms with Crippen molar-refractivity contribution in [3.05, 3.63) is 40.9 Å². The van der Waals surface area contributed by atoms with Crippen molar-refractivity contribution in [2.75, 3.05) is 18.7 Å². The molecule has 0 saturated heterocycles. The summed E-state index contributed by atoms with van der Waals surface area (Å²) in [7, 11) is -2.02. The molecule has 1 aromatic heterocycles. The largest absolute Gasteiger partial charge is 0.464 e. The number of methoxy groups -OCH3 is 1. The summed E-state index contributed by atoms with van der Waals surface area (Å²) in [5.41, 5.74) is 0.921. The van der Waals surface area contributed by atoms with Gasteiger partial charge in [-0.15, -0.1) is 11.3 Å². The van der Waals surface area contributed by atoms with Crippen molar-refractivity contribution in [3.63, 3.8) is 0 Å². The van der Waals surface area contributed by atoms with E-state index in [-0.39, 0.29) is 16.5 Å². The fourth-order valence-corrected chi connectivity index (χ4v) is 4.96. The Labute approximate surface area is 174 Å². The van der Waals surface area contributed by atoms with Gasteiger partial charge in [0.15, 0.2) is 20.7 Å². The van der Waals surface area contributed by atoms with Gasteiger partial charge in [0.2, 0.25) is 5.91 Å². The number of sulfone groups is 1. The lowest BCUT2D eigenvalue weighted by Gasteiger charge is -2.20. The first kappa shape index (κ1) is 21.4. The van der Waals surface area contributed by atoms with Crippen LogP contribution in [-0.4, -0.2) is 38.6 Å². The number of carbonyl (C=O) groups is 2. The fraction of sp³-hybridized carbons (Fsp3) is 0.450. The molecule has 2 aromatic rings. The molecular formula is C20H24N2O5S2. The molecule has 1 saturated carbocycles. The molecule has 9 heteroatoms. The molecule has 1 heterocycles. The maximum atomic E-state index is 13.1. The minimum Gasteiger partial charge on any atom is -0.464 e. The number of thiazole rings is 1. The summed E-state index contributed by atoms with van der Waals surface area (Å²) >= 11 is 1.16. The standard InChI is InChI=1S/C20H24N2O5S2/c1-27-19(24)17-12-28-20(21-17)22-18(23)16(11-13-5-3-4-6-13)14-7-9-15(10-8-14)29(2,25)26/h7-10,12-13,16H,3-6,11H2,1-2H3,(H,21,22,23). The number of hydrogen-bond acceptors (Lipinski definition) is 7. The molecule has 0 spiro atoms. The lowest BCUT2D eigenvalue weighted by molar-refractivity contribution is -0.118. The van der Waals surface area contributed by atoms with E-state index >= 15 is 0 Å². The zero-order chi connectivity index (χ0) is 21.0. The molecule has 0 aliphatic heterocycles. The van der Waals surface area contributed by atoms with Gasteiger partial charge < -0.3 is 10.1 Å². The Morgan fingerprint density at radius 2 is 1.90 bits per heavy atom. The lowest BCUT2D eigenvalue weighted by Crippen LogP contribution is -2.23. The molecular weight excluding hydrogens is 412 g/mol. The normalized spacial score (nSPS) is 15.8. The average Bonchev–Trinajstić information content (AvgIpc) is 3.37. The first-order valence-corrected chi connectivity index (χ1v) is 12.2. The predicted octanol–water partition coefficient (Wildman–Crippen LogP) is 3.64. The van der Waals surface area contributed by atoms with Crippen LogP contribution in [0.4, 0.5) is 5.13 Å². The molecule has 0 bridgehead atoms. The van der Waals surface area contributed by atoms with Crippen molar-refractivity contribution < 1.29 is 22.7 Å². The van der Waals surface area contributed by atoms with Crippen LogP contribution < -0.4 is 5.32 Å². The molecule has 1 N–H and O–H groups in total. The Morgan fingerprint density at radius 3 is 2.48 bits per heavy atom. The van der Waals surface area contributed by atoms with Crippen LogP contribution in [0.5, 0.6) is 0 Å². The Bertz CT molecular complexity index is 977. The van der Waals surface area contributed by atoms with Crippen LogP contribution in [0.2, 0.25) is 0 Å². The number of amides is 1. The summed E-state index contributed by atoms with van der Waals surface area (Å²) in [5, 5.41) is 4.67. The molecule has 1 aliphatic carbocycles. The smallest absolute Gasteiger partial charge is 0.357 e. The van der Waals surface area contributed by atoms with Crippen LogP contribution in [0.3, 0.4) is 0 Å². The van der Waals surface area contributed by atoms with Crippen molar-refractivity contribution >= 4 is 38.2 Å². The number of nitrogens with zero attached hydrogens (tertiary/aromatic N) is 1. The first-order chi connectivity index (χ1) is 13.8. The van der Waals surface area contributed by atoms with E-state index in [1.165, 1.54) is 25.3 Å². The quantitative estimate of drug-likeness (QED) is 0.665. The second kappa shape index (κ2) is 9.04. The van der Waals surface area contributed by atoms with Crippen molar-refractivity contribution in [2.24, 2.45) is 5.92 Å². The van der Waals surface area contributed by atoms with Gasteiger partial charge in [0, 0.05) is 11.6 Å². The molecule has 156 valence electrons. The first-order valence-electron chi connectivity index (χ1n) is 9.42. The molecule has 7 nitrogen and oxygen atoms in total. The van der Waals surface area contributed by atoms with Gasteiger partial charge in [0.25, 0.3) is 0 Å². The Kier molecular flexibility index (Phi) is 6.69. The van der Waals surface area contributed by atoms with E-state index in [2.05, 4.69) is 15.0 Å². The maximum absolute atomic E-state index is 13.1. The zero-order valence-electron chi connectivity index (χ0n) is 16.4. The maximum Gasteiger partial charge on any atom is 0.357 e. The summed E-state index contributed by atoms with van der Waals surface area (Å²) in [6.07, 6.45) is 6.37. The molecule has 1 aromatic carbocycles. The van der Waals surface area contributed by atoms with E-state index in [1.807, 2.05) is 0 Å². The highest BCUT2D eigenvalue weighted by atomic mass is 32.2. The summed E-state index contributed by atoms with van der Waals surface area (Å²) in [6, 6.07) is 6.49. The van der Waals surface area contributed by atoms with Gasteiger partial charge in [-0.2, -0.15) is 0 Å². The number of carbonyl (C=O) groups excluding carboxylic acids is 2. The molecule has 1 amide bonds. The van der Waals surface area contributed by atoms with Gasteiger partial charge in [-0.3, -0.25) is 4.79 Å². The van der Waals surface area contributed by atoms with Crippen LogP contribution in [0.1, 0.15) is 54.1 Å². The summed E-state index contributed by atoms with van der Waals surface area (Å²) in [6.45, 7) is 0. The predicted molar refractivity (Wildman–Crippen MR) is 111 cm³/mol. The van der Waals surface area contributed by atoms with E-state index in [0.29, 0.717) is 17.5 Å². The minimum absolute atomic E-state index is 0.151. The van der Waals surface area contributed by atoms with Crippen molar-refractivity contribution in [1.29, 1.82) is 0 Å². The zero-order valence-corrected chi connectivity index (χ0v) is 18.0. The number of benzene rings is 1. The Morgan fingerprint density at radius 1 is 1.24 bits per heavy atom. The number of hydrogen-bond donors (Lipinski definition) is 1. The Hall–Kier alpha value is -2.26. The number of esters is 1. The number of rotatable bonds is 7. The monoisotopic (exact) mass is 436 g/mol. The van der Waals surface area contributed by atoms with E-state index in [1.54, 1.807) is 24.3 Å². The van der Waals surface area contributed by atoms with Crippen LogP contribution in [0, 0.1) is 5.92 Å². The second-order valence-electron chi connectivity index (χ2n) is 7.30. The van der Waals surface area contributed by atoms with Gasteiger partial charge in [-0.25, -0.2) is 18.2 Å². The molecule has 1 atom stereocenters. The van der Waals surface area contributed by atoms with Crippen molar-refractivity contribution in [3.8, 4) is 0 Å². The highest BCUT2D eigenvalue weighted by Gasteiger charge is 2.28. The average molecular weight is 437 g/mol. The van der Waals surface area contributed by atoms with Gasteiger partial charge >= 0.3 is 5.97 Å². The third-order valence-electron chi connectivity index (χ3n) is 5.20. The topological polar surface area (TPSA) is 102 Å². The Balaban J connectivity index is 1.81. The van der Waals surface area contributed by atoms with Crippen LogP contribution in [-0.2, 0) is 19.4 Å². The number of ether oxygens (including phenoxy) is 1. The fourth-order valence-electron chi connectivity index (χ4n) is 3.64. The molecule has 1 unspecified atom stereocenters. The van der Waals surface area contributed by atoms with Gasteiger partial charge in [-0.1, -0.05) is 37.8 Å². The van der Waals surface area contributed by atoms with Crippen molar-refractivity contribution in [2.45, 2.75) is 42.9 Å². The molecule has 1 aliphatic rings. The third kappa shape index (κ3) is 5.42. The van der Waals surface area contributed by atoms with E-state index in [0.717, 1.165) is 36.0 Å². The highest BCUT2D eigenvalue weighted by Crippen LogP contribution is 2.35. The van der Waals surface area contributed by atoms with Crippen molar-refractivity contribution in [1.82, 2.24) is 4.98 Å². The summed E-state index contributed by atoms with van der Waals surface area (Å²) in [4.78, 5) is 29.0. The molecule has 3 rings (SSSR count).